The molecule has 0 aromatic heterocycles. The number of nitro benzene ring substituents is 1. The minimum atomic E-state index is -1.20. The molecule has 7 nitrogen and oxygen atoms in total. The molecule has 0 aliphatic heterocycles. The molecule has 1 atom stereocenters. The van der Waals surface area contributed by atoms with E-state index in [4.69, 9.17) is 5.73 Å². The van der Waals surface area contributed by atoms with Gasteiger partial charge in [0.1, 0.15) is 16.3 Å². The molecule has 0 fully saturated rings. The molecule has 0 saturated carbocycles. The van der Waals surface area contributed by atoms with Gasteiger partial charge < -0.3 is 15.6 Å². The summed E-state index contributed by atoms with van der Waals surface area (Å²) in [7, 11) is 1.13. The van der Waals surface area contributed by atoms with Crippen LogP contribution in [0.5, 0.6) is 5.75 Å². The molecule has 1 aromatic rings. The van der Waals surface area contributed by atoms with Crippen molar-refractivity contribution in [2.24, 2.45) is 5.73 Å². The summed E-state index contributed by atoms with van der Waals surface area (Å²) in [5.74, 6) is -2.48. The molecule has 0 radical (unpaired) electrons. The number of phenols is 1. The number of ether oxygens (including phenoxy) is 1. The molecule has 19 heavy (non-hydrogen) atoms. The fraction of sp³-hybridized carbons (Fsp3) is 0.300. The Morgan fingerprint density at radius 1 is 1.74 bits per heavy atom. The van der Waals surface area contributed by atoms with Gasteiger partial charge in [0, 0.05) is 18.1 Å². The number of carbonyl (C=O) groups is 1. The van der Waals surface area contributed by atoms with Crippen LogP contribution in [0.2, 0.25) is 0 Å². The number of nitro groups is 1. The number of hydrogen-bond acceptors (Lipinski definition) is 6. The van der Waals surface area contributed by atoms with Crippen LogP contribution in [-0.4, -0.2) is 29.2 Å². The number of aromatic hydroxyl groups is 1. The number of benzene rings is 1. The number of esters is 1. The lowest BCUT2D eigenvalue weighted by Gasteiger charge is -2.11. The zero-order chi connectivity index (χ0) is 14.7. The van der Waals surface area contributed by atoms with Crippen molar-refractivity contribution < 1.29 is 24.0 Å². The standard InChI is InChI=1S/C10H10BrFN2O5/c1-19-10(16)5(13)2-4-3-6(14(17)18)8(12)7(11)9(4)15/h3,5,15H,2,13H2,1H3. The molecule has 0 aliphatic carbocycles. The van der Waals surface area contributed by atoms with Crippen LogP contribution in [0.3, 0.4) is 0 Å². The van der Waals surface area contributed by atoms with Gasteiger partial charge in [-0.1, -0.05) is 0 Å². The van der Waals surface area contributed by atoms with Gasteiger partial charge in [0.05, 0.1) is 12.0 Å². The van der Waals surface area contributed by atoms with Crippen molar-refractivity contribution in [3.05, 3.63) is 32.0 Å². The largest absolute Gasteiger partial charge is 0.506 e. The van der Waals surface area contributed by atoms with Gasteiger partial charge >= 0.3 is 11.7 Å². The van der Waals surface area contributed by atoms with E-state index in [1.54, 1.807) is 0 Å². The van der Waals surface area contributed by atoms with Gasteiger partial charge in [-0.2, -0.15) is 4.39 Å². The molecule has 0 amide bonds. The Labute approximate surface area is 115 Å². The van der Waals surface area contributed by atoms with E-state index < -0.39 is 38.7 Å². The summed E-state index contributed by atoms with van der Waals surface area (Å²) in [6, 6.07) is -0.286. The molecule has 0 aliphatic rings. The molecule has 9 heteroatoms. The lowest BCUT2D eigenvalue weighted by molar-refractivity contribution is -0.387. The normalized spacial score (nSPS) is 12.0. The van der Waals surface area contributed by atoms with Crippen molar-refractivity contribution in [3.63, 3.8) is 0 Å². The fourth-order valence-electron chi connectivity index (χ4n) is 1.41. The van der Waals surface area contributed by atoms with E-state index in [9.17, 15) is 24.4 Å². The first kappa shape index (κ1) is 15.3. The number of rotatable bonds is 4. The molecule has 1 aromatic carbocycles. The quantitative estimate of drug-likeness (QED) is 0.485. The first-order valence-corrected chi connectivity index (χ1v) is 5.76. The van der Waals surface area contributed by atoms with Crippen molar-refractivity contribution in [2.75, 3.05) is 7.11 Å². The second-order valence-corrected chi connectivity index (χ2v) is 4.42. The second kappa shape index (κ2) is 5.93. The van der Waals surface area contributed by atoms with Crippen LogP contribution >= 0.6 is 15.9 Å². The van der Waals surface area contributed by atoms with Crippen molar-refractivity contribution in [1.29, 1.82) is 0 Å². The highest BCUT2D eigenvalue weighted by molar-refractivity contribution is 9.10. The van der Waals surface area contributed by atoms with Crippen LogP contribution < -0.4 is 5.73 Å². The van der Waals surface area contributed by atoms with Crippen molar-refractivity contribution in [3.8, 4) is 5.75 Å². The van der Waals surface area contributed by atoms with Crippen molar-refractivity contribution in [2.45, 2.75) is 12.5 Å². The monoisotopic (exact) mass is 336 g/mol. The first-order valence-electron chi connectivity index (χ1n) is 4.97. The first-order chi connectivity index (χ1) is 8.79. The second-order valence-electron chi connectivity index (χ2n) is 3.62. The van der Waals surface area contributed by atoms with E-state index in [2.05, 4.69) is 20.7 Å². The van der Waals surface area contributed by atoms with Crippen LogP contribution in [0.1, 0.15) is 5.56 Å². The van der Waals surface area contributed by atoms with Crippen LogP contribution in [-0.2, 0) is 16.0 Å². The number of phenolic OH excluding ortho intramolecular Hbond substituents is 1. The summed E-state index contributed by atoms with van der Waals surface area (Å²) in [5.41, 5.74) is 4.63. The minimum Gasteiger partial charge on any atom is -0.506 e. The lowest BCUT2D eigenvalue weighted by atomic mass is 10.0. The predicted octanol–water partition coefficient (Wildman–Crippen LogP) is 1.24. The van der Waals surface area contributed by atoms with Crippen LogP contribution in [0, 0.1) is 15.9 Å². The topological polar surface area (TPSA) is 116 Å². The van der Waals surface area contributed by atoms with Crippen LogP contribution in [0.4, 0.5) is 10.1 Å². The summed E-state index contributed by atoms with van der Waals surface area (Å²) in [5, 5.41) is 20.3. The smallest absolute Gasteiger partial charge is 0.322 e. The summed E-state index contributed by atoms with van der Waals surface area (Å²) in [6.45, 7) is 0. The van der Waals surface area contributed by atoms with E-state index in [1.165, 1.54) is 0 Å². The number of nitrogens with two attached hydrogens (primary N) is 1. The summed E-state index contributed by atoms with van der Waals surface area (Å²) >= 11 is 2.71. The molecular formula is C10H10BrFN2O5. The molecule has 1 rings (SSSR count). The van der Waals surface area contributed by atoms with E-state index in [1.807, 2.05) is 0 Å². The van der Waals surface area contributed by atoms with Gasteiger partial charge in [-0.3, -0.25) is 14.9 Å². The maximum absolute atomic E-state index is 13.5. The average Bonchev–Trinajstić information content (AvgIpc) is 2.37. The molecular weight excluding hydrogens is 327 g/mol. The van der Waals surface area contributed by atoms with E-state index >= 15 is 0 Å². The fourth-order valence-corrected chi connectivity index (χ4v) is 1.87. The zero-order valence-corrected chi connectivity index (χ0v) is 11.3. The summed E-state index contributed by atoms with van der Waals surface area (Å²) < 4.78 is 17.4. The Morgan fingerprint density at radius 2 is 2.32 bits per heavy atom. The van der Waals surface area contributed by atoms with Crippen molar-refractivity contribution in [1.82, 2.24) is 0 Å². The molecule has 0 bridgehead atoms. The minimum absolute atomic E-state index is 0.0297. The molecule has 1 unspecified atom stereocenters. The SMILES string of the molecule is COC(=O)C(N)Cc1cc([N+](=O)[O-])c(F)c(Br)c1O. The van der Waals surface area contributed by atoms with Gasteiger partial charge in [-0.25, -0.2) is 0 Å². The van der Waals surface area contributed by atoms with E-state index in [0.717, 1.165) is 13.2 Å². The highest BCUT2D eigenvalue weighted by Gasteiger charge is 2.25. The molecule has 104 valence electrons. The number of hydrogen-bond donors (Lipinski definition) is 2. The lowest BCUT2D eigenvalue weighted by Crippen LogP contribution is -2.33. The summed E-state index contributed by atoms with van der Waals surface area (Å²) in [4.78, 5) is 20.9. The van der Waals surface area contributed by atoms with E-state index in [0.29, 0.717) is 0 Å². The van der Waals surface area contributed by atoms with Gasteiger partial charge in [0.15, 0.2) is 0 Å². The molecule has 0 spiro atoms. The predicted molar refractivity (Wildman–Crippen MR) is 66.1 cm³/mol. The highest BCUT2D eigenvalue weighted by atomic mass is 79.9. The van der Waals surface area contributed by atoms with Gasteiger partial charge in [0.2, 0.25) is 5.82 Å². The Morgan fingerprint density at radius 3 is 2.79 bits per heavy atom. The van der Waals surface area contributed by atoms with Gasteiger partial charge in [-0.15, -0.1) is 0 Å². The Hall–Kier alpha value is -1.74. The maximum atomic E-state index is 13.5. The van der Waals surface area contributed by atoms with Gasteiger partial charge in [0.25, 0.3) is 0 Å². The molecule has 3 N–H and O–H groups in total. The molecule has 0 saturated heterocycles. The average molecular weight is 337 g/mol. The van der Waals surface area contributed by atoms with Gasteiger partial charge in [-0.05, 0) is 15.9 Å². The number of methoxy groups -OCH3 is 1. The Bertz CT molecular complexity index is 537. The number of carbonyl (C=O) groups excluding carboxylic acids is 1. The highest BCUT2D eigenvalue weighted by Crippen LogP contribution is 2.36. The van der Waals surface area contributed by atoms with E-state index in [-0.39, 0.29) is 12.0 Å². The zero-order valence-electron chi connectivity index (χ0n) is 9.72. The van der Waals surface area contributed by atoms with Crippen LogP contribution in [0.25, 0.3) is 0 Å². The summed E-state index contributed by atoms with van der Waals surface area (Å²) in [6.07, 6.45) is -0.224. The molecule has 0 heterocycles. The van der Waals surface area contributed by atoms with Crippen molar-refractivity contribution >= 4 is 27.6 Å². The Balaban J connectivity index is 3.22. The third kappa shape index (κ3) is 3.18. The maximum Gasteiger partial charge on any atom is 0.322 e. The number of nitrogens with zero attached hydrogens (tertiary/aromatic N) is 1. The van der Waals surface area contributed by atoms with Crippen LogP contribution in [0.15, 0.2) is 10.5 Å². The Kier molecular flexibility index (Phi) is 4.78. The third-order valence-electron chi connectivity index (χ3n) is 2.38. The third-order valence-corrected chi connectivity index (χ3v) is 3.10. The number of halogens is 2.